The summed E-state index contributed by atoms with van der Waals surface area (Å²) in [5, 5.41) is 16.8. The maximum atomic E-state index is 15.4. The quantitative estimate of drug-likeness (QED) is 0.140. The fraction of sp³-hybridized carbons (Fsp3) is 0.548. The number of amides is 4. The number of carbonyl (C=O) groups excluding carboxylic acids is 4. The fourth-order valence-electron chi connectivity index (χ4n) is 4.49. The Morgan fingerprint density at radius 3 is 1.64 bits per heavy atom. The van der Waals surface area contributed by atoms with Gasteiger partial charge in [0.2, 0.25) is 5.91 Å². The summed E-state index contributed by atoms with van der Waals surface area (Å²) in [7, 11) is 1.63. The van der Waals surface area contributed by atoms with E-state index in [0.717, 1.165) is 26.4 Å². The van der Waals surface area contributed by atoms with Crippen LogP contribution in [0.3, 0.4) is 0 Å². The van der Waals surface area contributed by atoms with E-state index >= 15 is 8.78 Å². The van der Waals surface area contributed by atoms with Gasteiger partial charge in [-0.15, -0.1) is 0 Å². The smallest absolute Gasteiger partial charge is 0.407 e. The number of aliphatic hydroxyl groups excluding tert-OH is 1. The molecule has 53 heavy (non-hydrogen) atoms. The molecule has 5 N–H and O–H groups in total. The molecule has 2 aromatic rings. The first-order valence-electron chi connectivity index (χ1n) is 15.4. The predicted molar refractivity (Wildman–Crippen MR) is 168 cm³/mol. The lowest BCUT2D eigenvalue weighted by molar-refractivity contribution is -0.221. The average Bonchev–Trinajstić information content (AvgIpc) is 3.05. The lowest BCUT2D eigenvalue weighted by atomic mass is 9.83. The maximum absolute atomic E-state index is 15.4. The molecular weight excluding hydrogens is 734 g/mol. The summed E-state index contributed by atoms with van der Waals surface area (Å²) in [6.45, 7) is 1.04. The standard InChI is InChI=1S/C31H39F8N7O7/c1-15-40-10-17(11-41-15)16-8-20(32)19(21(33)9-16)14-46(45-25(49)23(44-27(51)53-7)29(4,5)31(37,38)39)13-18(47)12-42-24(48)22(43-26(50)52-6)28(2,3)30(34,35)36/h8-11,18,22-23,47H,12-14H2,1-7H3,(H,42,48)(H,43,50)(H,44,51)(H,45,49)/t18-,22?,23-/m1/s1. The minimum Gasteiger partial charge on any atom is -0.453 e. The zero-order valence-electron chi connectivity index (χ0n) is 29.4. The van der Waals surface area contributed by atoms with Crippen LogP contribution in [0.2, 0.25) is 0 Å². The molecule has 0 saturated heterocycles. The molecule has 1 aromatic carbocycles. The van der Waals surface area contributed by atoms with Gasteiger partial charge in [0.25, 0.3) is 5.91 Å². The number of alkyl carbamates (subject to hydrolysis) is 2. The first-order valence-corrected chi connectivity index (χ1v) is 15.4. The molecule has 0 spiro atoms. The molecule has 296 valence electrons. The monoisotopic (exact) mass is 773 g/mol. The van der Waals surface area contributed by atoms with Gasteiger partial charge in [-0.2, -0.15) is 26.3 Å². The van der Waals surface area contributed by atoms with E-state index in [1.165, 1.54) is 12.4 Å². The summed E-state index contributed by atoms with van der Waals surface area (Å²) in [6.07, 6.45) is -12.4. The van der Waals surface area contributed by atoms with Crippen molar-refractivity contribution < 1.29 is 68.9 Å². The topological polar surface area (TPSA) is 184 Å². The van der Waals surface area contributed by atoms with E-state index in [1.54, 1.807) is 17.6 Å². The van der Waals surface area contributed by atoms with E-state index in [-0.39, 0.29) is 11.1 Å². The predicted octanol–water partition coefficient (Wildman–Crippen LogP) is 3.67. The van der Waals surface area contributed by atoms with Crippen molar-refractivity contribution in [1.82, 2.24) is 36.4 Å². The van der Waals surface area contributed by atoms with E-state index in [0.29, 0.717) is 38.5 Å². The van der Waals surface area contributed by atoms with Crippen LogP contribution in [0.15, 0.2) is 24.5 Å². The highest BCUT2D eigenvalue weighted by Gasteiger charge is 2.57. The maximum Gasteiger partial charge on any atom is 0.407 e. The van der Waals surface area contributed by atoms with E-state index < -0.39 is 102 Å². The van der Waals surface area contributed by atoms with Crippen LogP contribution in [0.1, 0.15) is 39.1 Å². The molecule has 0 saturated carbocycles. The second-order valence-electron chi connectivity index (χ2n) is 12.8. The number of nitrogens with zero attached hydrogens (tertiary/aromatic N) is 3. The van der Waals surface area contributed by atoms with Crippen molar-refractivity contribution in [2.24, 2.45) is 10.8 Å². The van der Waals surface area contributed by atoms with Crippen molar-refractivity contribution in [2.75, 3.05) is 27.3 Å². The minimum absolute atomic E-state index is 0.0201. The van der Waals surface area contributed by atoms with Crippen molar-refractivity contribution in [1.29, 1.82) is 0 Å². The summed E-state index contributed by atoms with van der Waals surface area (Å²) in [4.78, 5) is 57.8. The molecule has 4 amide bonds. The van der Waals surface area contributed by atoms with Gasteiger partial charge in [0.05, 0.1) is 31.2 Å². The number of alkyl halides is 6. The highest BCUT2D eigenvalue weighted by molar-refractivity contribution is 5.87. The van der Waals surface area contributed by atoms with Gasteiger partial charge in [-0.25, -0.2) is 33.3 Å². The molecule has 2 rings (SSSR count). The first kappa shape index (κ1) is 44.3. The van der Waals surface area contributed by atoms with Crippen LogP contribution in [0, 0.1) is 29.4 Å². The van der Waals surface area contributed by atoms with Gasteiger partial charge < -0.3 is 30.5 Å². The van der Waals surface area contributed by atoms with Crippen molar-refractivity contribution >= 4 is 24.0 Å². The summed E-state index contributed by atoms with van der Waals surface area (Å²) < 4.78 is 123. The van der Waals surface area contributed by atoms with Crippen molar-refractivity contribution in [3.05, 3.63) is 47.5 Å². The van der Waals surface area contributed by atoms with Crippen LogP contribution in [-0.2, 0) is 25.6 Å². The van der Waals surface area contributed by atoms with Gasteiger partial charge in [-0.3, -0.25) is 15.0 Å². The van der Waals surface area contributed by atoms with Crippen LogP contribution in [0.25, 0.3) is 11.1 Å². The number of hydrazine groups is 1. The second kappa shape index (κ2) is 17.3. The minimum atomic E-state index is -5.13. The van der Waals surface area contributed by atoms with E-state index in [9.17, 15) is 50.6 Å². The normalized spacial score (nSPS) is 14.1. The number of aliphatic hydroxyl groups is 1. The molecule has 0 bridgehead atoms. The highest BCUT2D eigenvalue weighted by atomic mass is 19.4. The molecule has 0 aliphatic rings. The van der Waals surface area contributed by atoms with Crippen LogP contribution in [0.4, 0.5) is 44.7 Å². The molecule has 1 aromatic heterocycles. The average molecular weight is 774 g/mol. The van der Waals surface area contributed by atoms with Crippen LogP contribution < -0.4 is 21.4 Å². The van der Waals surface area contributed by atoms with Gasteiger partial charge in [0.1, 0.15) is 29.5 Å². The molecular formula is C31H39F8N7O7. The molecule has 1 heterocycles. The van der Waals surface area contributed by atoms with Gasteiger partial charge in [-0.1, -0.05) is 0 Å². The third-order valence-corrected chi connectivity index (χ3v) is 8.14. The molecule has 1 unspecified atom stereocenters. The third kappa shape index (κ3) is 11.3. The van der Waals surface area contributed by atoms with Crippen molar-refractivity contribution in [3.63, 3.8) is 0 Å². The molecule has 0 fully saturated rings. The third-order valence-electron chi connectivity index (χ3n) is 8.14. The number of aromatic nitrogens is 2. The number of hydrogen-bond acceptors (Lipinski definition) is 10. The fourth-order valence-corrected chi connectivity index (χ4v) is 4.49. The Labute approximate surface area is 298 Å². The molecule has 3 atom stereocenters. The molecule has 0 aliphatic heterocycles. The largest absolute Gasteiger partial charge is 0.453 e. The molecule has 14 nitrogen and oxygen atoms in total. The Morgan fingerprint density at radius 1 is 0.792 bits per heavy atom. The second-order valence-corrected chi connectivity index (χ2v) is 12.8. The Balaban J connectivity index is 2.48. The van der Waals surface area contributed by atoms with E-state index in [2.05, 4.69) is 19.4 Å². The van der Waals surface area contributed by atoms with Crippen molar-refractivity contribution in [3.8, 4) is 11.1 Å². The Morgan fingerprint density at radius 2 is 1.23 bits per heavy atom. The highest BCUT2D eigenvalue weighted by Crippen LogP contribution is 2.41. The van der Waals surface area contributed by atoms with E-state index in [4.69, 9.17) is 0 Å². The number of nitrogens with one attached hydrogen (secondary N) is 4. The molecule has 0 aliphatic carbocycles. The number of halogens is 8. The summed E-state index contributed by atoms with van der Waals surface area (Å²) in [5.74, 6) is -5.16. The molecule has 22 heteroatoms. The van der Waals surface area contributed by atoms with Gasteiger partial charge in [-0.05, 0) is 52.3 Å². The zero-order chi connectivity index (χ0) is 40.7. The van der Waals surface area contributed by atoms with Gasteiger partial charge >= 0.3 is 24.5 Å². The number of hydrogen-bond donors (Lipinski definition) is 5. The number of rotatable bonds is 14. The number of aryl methyl sites for hydroxylation is 1. The molecule has 0 radical (unpaired) electrons. The van der Waals surface area contributed by atoms with Crippen LogP contribution >= 0.6 is 0 Å². The number of methoxy groups -OCH3 is 2. The van der Waals surface area contributed by atoms with Crippen LogP contribution in [-0.4, -0.2) is 102 Å². The zero-order valence-corrected chi connectivity index (χ0v) is 29.4. The number of ether oxygens (including phenoxy) is 2. The van der Waals surface area contributed by atoms with Crippen LogP contribution in [0.5, 0.6) is 0 Å². The Hall–Kier alpha value is -4.86. The number of carbonyl (C=O) groups is 4. The van der Waals surface area contributed by atoms with Crippen molar-refractivity contribution in [2.45, 2.75) is 71.7 Å². The lowest BCUT2D eigenvalue weighted by Gasteiger charge is -2.37. The van der Waals surface area contributed by atoms with Gasteiger partial charge in [0, 0.05) is 43.2 Å². The first-order chi connectivity index (χ1) is 24.3. The van der Waals surface area contributed by atoms with Gasteiger partial charge in [0.15, 0.2) is 0 Å². The lowest BCUT2D eigenvalue weighted by Crippen LogP contribution is -2.62. The Kier molecular flexibility index (Phi) is 14.5. The summed E-state index contributed by atoms with van der Waals surface area (Å²) in [6, 6.07) is -3.01. The summed E-state index contributed by atoms with van der Waals surface area (Å²) in [5.41, 5.74) is -4.51. The summed E-state index contributed by atoms with van der Waals surface area (Å²) >= 11 is 0. The SMILES string of the molecule is COC(=O)NC(C(=O)NC[C@@H](O)CN(Cc1c(F)cc(-c2cnc(C)nc2)cc1F)NC(=O)[C@@H](NC(=O)OC)C(C)(C)C(F)(F)F)C(C)(C)C(F)(F)F. The Bertz CT molecular complexity index is 1600. The van der Waals surface area contributed by atoms with E-state index in [1.807, 2.05) is 10.7 Å². The number of benzene rings is 1.